The summed E-state index contributed by atoms with van der Waals surface area (Å²) in [5.41, 5.74) is 0.120. The number of rotatable bonds is 6. The Hall–Kier alpha value is -2.59. The van der Waals surface area contributed by atoms with Crippen molar-refractivity contribution in [3.05, 3.63) is 42.1 Å². The highest BCUT2D eigenvalue weighted by molar-refractivity contribution is 7.89. The van der Waals surface area contributed by atoms with E-state index in [1.54, 1.807) is 19.2 Å². The summed E-state index contributed by atoms with van der Waals surface area (Å²) in [7, 11) is -1.14. The van der Waals surface area contributed by atoms with Gasteiger partial charge in [-0.1, -0.05) is 0 Å². The highest BCUT2D eigenvalue weighted by Crippen LogP contribution is 2.27. The third kappa shape index (κ3) is 3.76. The smallest absolute Gasteiger partial charge is 0.354 e. The number of nitrogens with zero attached hydrogens (tertiary/aromatic N) is 2. The number of hydrogen-bond acceptors (Lipinski definition) is 6. The van der Waals surface area contributed by atoms with E-state index in [0.717, 1.165) is 0 Å². The van der Waals surface area contributed by atoms with Gasteiger partial charge >= 0.3 is 5.97 Å². The van der Waals surface area contributed by atoms with Gasteiger partial charge < -0.3 is 19.0 Å². The van der Waals surface area contributed by atoms with Gasteiger partial charge in [0.05, 0.1) is 19.9 Å². The highest BCUT2D eigenvalue weighted by Gasteiger charge is 2.40. The molecular weight excluding hydrogens is 374 g/mol. The zero-order valence-corrected chi connectivity index (χ0v) is 15.9. The van der Waals surface area contributed by atoms with Crippen LogP contribution in [0.5, 0.6) is 0 Å². The third-order valence-electron chi connectivity index (χ3n) is 4.50. The first kappa shape index (κ1) is 19.2. The van der Waals surface area contributed by atoms with E-state index < -0.39 is 22.0 Å². The van der Waals surface area contributed by atoms with Gasteiger partial charge in [-0.15, -0.1) is 0 Å². The van der Waals surface area contributed by atoms with Crippen LogP contribution in [0.25, 0.3) is 0 Å². The van der Waals surface area contributed by atoms with E-state index in [1.165, 1.54) is 34.5 Å². The van der Waals surface area contributed by atoms with Crippen LogP contribution in [0.15, 0.2) is 40.0 Å². The number of furan rings is 1. The number of aromatic nitrogens is 1. The van der Waals surface area contributed by atoms with Crippen molar-refractivity contribution in [1.29, 1.82) is 0 Å². The van der Waals surface area contributed by atoms with Crippen LogP contribution in [-0.2, 0) is 33.1 Å². The van der Waals surface area contributed by atoms with Crippen LogP contribution in [0.2, 0.25) is 0 Å². The van der Waals surface area contributed by atoms with Crippen LogP contribution in [0, 0.1) is 0 Å². The first-order valence-corrected chi connectivity index (χ1v) is 9.85. The van der Waals surface area contributed by atoms with E-state index in [-0.39, 0.29) is 29.6 Å². The van der Waals surface area contributed by atoms with Crippen molar-refractivity contribution in [1.82, 2.24) is 14.2 Å². The summed E-state index contributed by atoms with van der Waals surface area (Å²) in [5, 5.41) is 2.71. The lowest BCUT2D eigenvalue weighted by Gasteiger charge is -2.22. The van der Waals surface area contributed by atoms with Crippen molar-refractivity contribution in [2.45, 2.75) is 30.3 Å². The van der Waals surface area contributed by atoms with Gasteiger partial charge in [0.25, 0.3) is 0 Å². The molecule has 0 spiro atoms. The Bertz CT molecular complexity index is 932. The monoisotopic (exact) mass is 395 g/mol. The Labute approximate surface area is 156 Å². The molecule has 0 aliphatic carbocycles. The molecule has 0 unspecified atom stereocenters. The standard InChI is InChI=1S/C17H21N3O6S/c1-19-11-13(9-15(19)17(22)25-2)27(23,24)20-7-3-6-14(20)16(21)18-10-12-5-4-8-26-12/h4-5,8-9,11,14H,3,6-7,10H2,1-2H3,(H,18,21)/t14-/m0/s1. The second-order valence-corrected chi connectivity index (χ2v) is 8.13. The molecule has 0 aromatic carbocycles. The first-order valence-electron chi connectivity index (χ1n) is 8.41. The van der Waals surface area contributed by atoms with E-state index in [0.29, 0.717) is 18.6 Å². The fourth-order valence-corrected chi connectivity index (χ4v) is 4.84. The van der Waals surface area contributed by atoms with Crippen LogP contribution >= 0.6 is 0 Å². The molecule has 1 aliphatic heterocycles. The van der Waals surface area contributed by atoms with Crippen LogP contribution in [-0.4, -0.2) is 48.9 Å². The molecule has 2 aromatic rings. The van der Waals surface area contributed by atoms with Crippen molar-refractivity contribution in [3.8, 4) is 0 Å². The lowest BCUT2D eigenvalue weighted by atomic mass is 10.2. The van der Waals surface area contributed by atoms with Crippen LogP contribution in [0.3, 0.4) is 0 Å². The molecule has 0 radical (unpaired) electrons. The Balaban J connectivity index is 1.78. The summed E-state index contributed by atoms with van der Waals surface area (Å²) in [6.07, 6.45) is 3.86. The van der Waals surface area contributed by atoms with Gasteiger partial charge in [-0.05, 0) is 31.0 Å². The van der Waals surface area contributed by atoms with E-state index >= 15 is 0 Å². The van der Waals surface area contributed by atoms with Crippen molar-refractivity contribution in [2.24, 2.45) is 7.05 Å². The maximum absolute atomic E-state index is 13.0. The number of methoxy groups -OCH3 is 1. The minimum atomic E-state index is -3.93. The molecule has 9 nitrogen and oxygen atoms in total. The number of aryl methyl sites for hydroxylation is 1. The Morgan fingerprint density at radius 2 is 2.19 bits per heavy atom. The highest BCUT2D eigenvalue weighted by atomic mass is 32.2. The topological polar surface area (TPSA) is 111 Å². The summed E-state index contributed by atoms with van der Waals surface area (Å²) >= 11 is 0. The molecule has 2 aromatic heterocycles. The van der Waals surface area contributed by atoms with Gasteiger partial charge in [-0.3, -0.25) is 4.79 Å². The normalized spacial score (nSPS) is 17.8. The molecule has 1 amide bonds. The van der Waals surface area contributed by atoms with Crippen LogP contribution in [0.4, 0.5) is 0 Å². The molecule has 1 saturated heterocycles. The van der Waals surface area contributed by atoms with Gasteiger partial charge in [0, 0.05) is 19.8 Å². The lowest BCUT2D eigenvalue weighted by Crippen LogP contribution is -2.45. The zero-order valence-electron chi connectivity index (χ0n) is 15.0. The fraction of sp³-hybridized carbons (Fsp3) is 0.412. The number of ether oxygens (including phenoxy) is 1. The predicted octanol–water partition coefficient (Wildman–Crippen LogP) is 0.874. The molecule has 1 atom stereocenters. The second kappa shape index (κ2) is 7.57. The minimum absolute atomic E-state index is 0.0452. The lowest BCUT2D eigenvalue weighted by molar-refractivity contribution is -0.124. The SMILES string of the molecule is COC(=O)c1cc(S(=O)(=O)N2CCC[C@H]2C(=O)NCc2ccco2)cn1C. The zero-order chi connectivity index (χ0) is 19.6. The number of esters is 1. The number of carbonyl (C=O) groups is 2. The summed E-state index contributed by atoms with van der Waals surface area (Å²) in [6.45, 7) is 0.428. The Morgan fingerprint density at radius 3 is 2.85 bits per heavy atom. The molecular formula is C17H21N3O6S. The van der Waals surface area contributed by atoms with Crippen LogP contribution in [0.1, 0.15) is 29.1 Å². The van der Waals surface area contributed by atoms with Crippen LogP contribution < -0.4 is 5.32 Å². The van der Waals surface area contributed by atoms with E-state index in [4.69, 9.17) is 4.42 Å². The van der Waals surface area contributed by atoms with Crippen molar-refractivity contribution >= 4 is 21.9 Å². The Morgan fingerprint density at radius 1 is 1.41 bits per heavy atom. The van der Waals surface area contributed by atoms with Crippen molar-refractivity contribution < 1.29 is 27.2 Å². The average Bonchev–Trinajstić information content (AvgIpc) is 3.38. The molecule has 3 rings (SSSR count). The predicted molar refractivity (Wildman–Crippen MR) is 94.2 cm³/mol. The molecule has 0 saturated carbocycles. The molecule has 27 heavy (non-hydrogen) atoms. The molecule has 1 aliphatic rings. The minimum Gasteiger partial charge on any atom is -0.467 e. The van der Waals surface area contributed by atoms with E-state index in [9.17, 15) is 18.0 Å². The van der Waals surface area contributed by atoms with E-state index in [2.05, 4.69) is 10.1 Å². The molecule has 1 N–H and O–H groups in total. The number of amides is 1. The molecule has 10 heteroatoms. The van der Waals surface area contributed by atoms with Crippen molar-refractivity contribution in [2.75, 3.05) is 13.7 Å². The van der Waals surface area contributed by atoms with Gasteiger partial charge in [0.1, 0.15) is 22.4 Å². The number of sulfonamides is 1. The number of carbonyl (C=O) groups excluding carboxylic acids is 2. The van der Waals surface area contributed by atoms with Crippen molar-refractivity contribution in [3.63, 3.8) is 0 Å². The second-order valence-electron chi connectivity index (χ2n) is 6.23. The summed E-state index contributed by atoms with van der Waals surface area (Å²) < 4.78 is 38.4. The van der Waals surface area contributed by atoms with Gasteiger partial charge in [-0.2, -0.15) is 4.31 Å². The summed E-state index contributed by atoms with van der Waals surface area (Å²) in [4.78, 5) is 24.2. The molecule has 146 valence electrons. The van der Waals surface area contributed by atoms with Gasteiger partial charge in [-0.25, -0.2) is 13.2 Å². The summed E-state index contributed by atoms with van der Waals surface area (Å²) in [5.74, 6) is -0.425. The molecule has 3 heterocycles. The largest absolute Gasteiger partial charge is 0.467 e. The maximum atomic E-state index is 13.0. The third-order valence-corrected chi connectivity index (χ3v) is 6.38. The quantitative estimate of drug-likeness (QED) is 0.727. The fourth-order valence-electron chi connectivity index (χ4n) is 3.11. The number of nitrogens with one attached hydrogen (secondary N) is 1. The van der Waals surface area contributed by atoms with Gasteiger partial charge in [0.15, 0.2) is 0 Å². The maximum Gasteiger partial charge on any atom is 0.354 e. The molecule has 1 fully saturated rings. The van der Waals surface area contributed by atoms with Gasteiger partial charge in [0.2, 0.25) is 15.9 Å². The first-order chi connectivity index (χ1) is 12.8. The average molecular weight is 395 g/mol. The number of hydrogen-bond donors (Lipinski definition) is 1. The van der Waals surface area contributed by atoms with E-state index in [1.807, 2.05) is 0 Å². The summed E-state index contributed by atoms with van der Waals surface area (Å²) in [6, 6.07) is 3.90. The Kier molecular flexibility index (Phi) is 5.38. The molecule has 0 bridgehead atoms.